The molecule has 106 valence electrons. The number of rotatable bonds is 4. The minimum atomic E-state index is 0.127. The number of ether oxygens (including phenoxy) is 2. The minimum Gasteiger partial charge on any atom is -0.496 e. The van der Waals surface area contributed by atoms with Gasteiger partial charge in [0, 0.05) is 12.5 Å². The Morgan fingerprint density at radius 1 is 1.37 bits per heavy atom. The number of hydrogen-bond acceptors (Lipinski definition) is 4. The standard InChI is InChI=1S/C15H24N2O2/c1-9-8-14(18-4)10(2)7-13(9)15(17-16)12-5-6-19-11(12)3/h7-8,11-12,15,17H,5-6,16H2,1-4H3. The van der Waals surface area contributed by atoms with E-state index in [1.54, 1.807) is 7.11 Å². The predicted octanol–water partition coefficient (Wildman–Crippen LogP) is 2.24. The molecule has 4 nitrogen and oxygen atoms in total. The number of methoxy groups -OCH3 is 1. The van der Waals surface area contributed by atoms with Crippen molar-refractivity contribution < 1.29 is 9.47 Å². The number of aryl methyl sites for hydroxylation is 2. The smallest absolute Gasteiger partial charge is 0.122 e. The van der Waals surface area contributed by atoms with Crippen LogP contribution in [0.2, 0.25) is 0 Å². The van der Waals surface area contributed by atoms with Crippen molar-refractivity contribution in [1.29, 1.82) is 0 Å². The summed E-state index contributed by atoms with van der Waals surface area (Å²) in [5.41, 5.74) is 6.55. The zero-order chi connectivity index (χ0) is 14.0. The first-order valence-corrected chi connectivity index (χ1v) is 6.81. The van der Waals surface area contributed by atoms with Crippen molar-refractivity contribution in [1.82, 2.24) is 5.43 Å². The highest BCUT2D eigenvalue weighted by Crippen LogP contribution is 2.36. The van der Waals surface area contributed by atoms with Gasteiger partial charge in [0.15, 0.2) is 0 Å². The summed E-state index contributed by atoms with van der Waals surface area (Å²) >= 11 is 0. The summed E-state index contributed by atoms with van der Waals surface area (Å²) in [5, 5.41) is 0. The van der Waals surface area contributed by atoms with Crippen LogP contribution < -0.4 is 16.0 Å². The largest absolute Gasteiger partial charge is 0.496 e. The maximum Gasteiger partial charge on any atom is 0.122 e. The molecule has 19 heavy (non-hydrogen) atoms. The van der Waals surface area contributed by atoms with E-state index >= 15 is 0 Å². The minimum absolute atomic E-state index is 0.127. The normalized spacial score (nSPS) is 24.5. The van der Waals surface area contributed by atoms with Crippen LogP contribution in [0.1, 0.15) is 36.1 Å². The van der Waals surface area contributed by atoms with Gasteiger partial charge >= 0.3 is 0 Å². The molecular formula is C15H24N2O2. The highest BCUT2D eigenvalue weighted by molar-refractivity contribution is 5.43. The third-order valence-corrected chi connectivity index (χ3v) is 4.16. The van der Waals surface area contributed by atoms with E-state index in [1.165, 1.54) is 11.1 Å². The van der Waals surface area contributed by atoms with Gasteiger partial charge in [0.25, 0.3) is 0 Å². The van der Waals surface area contributed by atoms with Crippen LogP contribution in [0.25, 0.3) is 0 Å². The van der Waals surface area contributed by atoms with Gasteiger partial charge in [-0.3, -0.25) is 11.3 Å². The molecule has 4 heteroatoms. The highest BCUT2D eigenvalue weighted by atomic mass is 16.5. The summed E-state index contributed by atoms with van der Waals surface area (Å²) in [7, 11) is 1.70. The van der Waals surface area contributed by atoms with Gasteiger partial charge < -0.3 is 9.47 Å². The van der Waals surface area contributed by atoms with Crippen LogP contribution in [0.15, 0.2) is 12.1 Å². The van der Waals surface area contributed by atoms with E-state index in [0.717, 1.165) is 24.3 Å². The third-order valence-electron chi connectivity index (χ3n) is 4.16. The summed E-state index contributed by atoms with van der Waals surface area (Å²) in [6, 6.07) is 4.38. The maximum absolute atomic E-state index is 5.80. The molecule has 3 atom stereocenters. The molecule has 1 aromatic rings. The summed E-state index contributed by atoms with van der Waals surface area (Å²) in [6.45, 7) is 7.10. The average Bonchev–Trinajstić information content (AvgIpc) is 2.80. The average molecular weight is 264 g/mol. The van der Waals surface area contributed by atoms with E-state index in [-0.39, 0.29) is 12.1 Å². The van der Waals surface area contributed by atoms with Gasteiger partial charge in [-0.25, -0.2) is 0 Å². The van der Waals surface area contributed by atoms with Crippen LogP contribution in [-0.4, -0.2) is 19.8 Å². The van der Waals surface area contributed by atoms with E-state index in [9.17, 15) is 0 Å². The number of hydrazine groups is 1. The Bertz CT molecular complexity index is 448. The van der Waals surface area contributed by atoms with Crippen molar-refractivity contribution >= 4 is 0 Å². The van der Waals surface area contributed by atoms with Crippen LogP contribution in [0.4, 0.5) is 0 Å². The number of hydrogen-bond donors (Lipinski definition) is 2. The van der Waals surface area contributed by atoms with Crippen molar-refractivity contribution in [2.24, 2.45) is 11.8 Å². The fraction of sp³-hybridized carbons (Fsp3) is 0.600. The van der Waals surface area contributed by atoms with E-state index < -0.39 is 0 Å². The molecule has 0 radical (unpaired) electrons. The SMILES string of the molecule is COc1cc(C)c(C(NN)C2CCOC2C)cc1C. The zero-order valence-electron chi connectivity index (χ0n) is 12.2. The zero-order valence-corrected chi connectivity index (χ0v) is 12.2. The topological polar surface area (TPSA) is 56.5 Å². The highest BCUT2D eigenvalue weighted by Gasteiger charge is 2.33. The molecule has 0 amide bonds. The molecule has 0 bridgehead atoms. The molecule has 0 saturated carbocycles. The fourth-order valence-corrected chi connectivity index (χ4v) is 3.00. The van der Waals surface area contributed by atoms with Crippen molar-refractivity contribution in [3.8, 4) is 5.75 Å². The van der Waals surface area contributed by atoms with Crippen LogP contribution in [0.5, 0.6) is 5.75 Å². The molecule has 1 aromatic carbocycles. The van der Waals surface area contributed by atoms with Crippen LogP contribution >= 0.6 is 0 Å². The molecule has 1 aliphatic rings. The number of benzene rings is 1. The summed E-state index contributed by atoms with van der Waals surface area (Å²) in [5.74, 6) is 7.14. The summed E-state index contributed by atoms with van der Waals surface area (Å²) in [4.78, 5) is 0. The molecule has 1 saturated heterocycles. The van der Waals surface area contributed by atoms with E-state index in [4.69, 9.17) is 15.3 Å². The Hall–Kier alpha value is -1.10. The Kier molecular flexibility index (Phi) is 4.45. The second kappa shape index (κ2) is 5.90. The maximum atomic E-state index is 5.80. The molecule has 1 aliphatic heterocycles. The van der Waals surface area contributed by atoms with Crippen molar-refractivity contribution in [2.45, 2.75) is 39.3 Å². The Morgan fingerprint density at radius 3 is 2.63 bits per heavy atom. The van der Waals surface area contributed by atoms with Crippen LogP contribution in [0, 0.1) is 19.8 Å². The van der Waals surface area contributed by atoms with Gasteiger partial charge in [-0.1, -0.05) is 6.07 Å². The summed E-state index contributed by atoms with van der Waals surface area (Å²) in [6.07, 6.45) is 1.28. The molecular weight excluding hydrogens is 240 g/mol. The van der Waals surface area contributed by atoms with Crippen molar-refractivity contribution in [2.75, 3.05) is 13.7 Å². The fourth-order valence-electron chi connectivity index (χ4n) is 3.00. The van der Waals surface area contributed by atoms with E-state index in [2.05, 4.69) is 38.3 Å². The number of nitrogens with two attached hydrogens (primary N) is 1. The van der Waals surface area contributed by atoms with Crippen LogP contribution in [0.3, 0.4) is 0 Å². The van der Waals surface area contributed by atoms with Gasteiger partial charge in [-0.15, -0.1) is 0 Å². The first kappa shape index (κ1) is 14.3. The molecule has 0 aromatic heterocycles. The Balaban J connectivity index is 2.35. The van der Waals surface area contributed by atoms with Crippen molar-refractivity contribution in [3.63, 3.8) is 0 Å². The second-order valence-electron chi connectivity index (χ2n) is 5.35. The molecule has 2 rings (SSSR count). The van der Waals surface area contributed by atoms with Crippen molar-refractivity contribution in [3.05, 3.63) is 28.8 Å². The number of nitrogens with one attached hydrogen (secondary N) is 1. The molecule has 0 spiro atoms. The molecule has 1 fully saturated rings. The van der Waals surface area contributed by atoms with E-state index in [1.807, 2.05) is 0 Å². The third kappa shape index (κ3) is 2.76. The Labute approximate surface area is 115 Å². The van der Waals surface area contributed by atoms with Crippen LogP contribution in [-0.2, 0) is 4.74 Å². The predicted molar refractivity (Wildman–Crippen MR) is 76.1 cm³/mol. The second-order valence-corrected chi connectivity index (χ2v) is 5.35. The lowest BCUT2D eigenvalue weighted by molar-refractivity contribution is 0.0953. The van der Waals surface area contributed by atoms with Gasteiger partial charge in [-0.2, -0.15) is 0 Å². The van der Waals surface area contributed by atoms with Gasteiger partial charge in [0.05, 0.1) is 19.3 Å². The molecule has 0 aliphatic carbocycles. The Morgan fingerprint density at radius 2 is 2.11 bits per heavy atom. The molecule has 3 unspecified atom stereocenters. The quantitative estimate of drug-likeness (QED) is 0.647. The lowest BCUT2D eigenvalue weighted by atomic mass is 9.86. The lowest BCUT2D eigenvalue weighted by Crippen LogP contribution is -2.36. The lowest BCUT2D eigenvalue weighted by Gasteiger charge is -2.27. The van der Waals surface area contributed by atoms with Gasteiger partial charge in [-0.05, 0) is 49.9 Å². The van der Waals surface area contributed by atoms with Gasteiger partial charge in [0.2, 0.25) is 0 Å². The first-order chi connectivity index (χ1) is 9.08. The monoisotopic (exact) mass is 264 g/mol. The summed E-state index contributed by atoms with van der Waals surface area (Å²) < 4.78 is 11.0. The molecule has 1 heterocycles. The van der Waals surface area contributed by atoms with Gasteiger partial charge in [0.1, 0.15) is 5.75 Å². The first-order valence-electron chi connectivity index (χ1n) is 6.81. The molecule has 3 N–H and O–H groups in total. The van der Waals surface area contributed by atoms with E-state index in [0.29, 0.717) is 5.92 Å².